The van der Waals surface area contributed by atoms with Gasteiger partial charge in [0.1, 0.15) is 5.82 Å². The van der Waals surface area contributed by atoms with E-state index in [2.05, 4.69) is 25.5 Å². The number of benzene rings is 2. The van der Waals surface area contributed by atoms with E-state index >= 15 is 0 Å². The highest BCUT2D eigenvalue weighted by Gasteiger charge is 2.22. The van der Waals surface area contributed by atoms with Crippen molar-refractivity contribution in [2.45, 2.75) is 70.2 Å². The van der Waals surface area contributed by atoms with Crippen LogP contribution in [0.25, 0.3) is 0 Å². The zero-order valence-electron chi connectivity index (χ0n) is 18.4. The summed E-state index contributed by atoms with van der Waals surface area (Å²) in [6.45, 7) is 6.45. The van der Waals surface area contributed by atoms with Crippen molar-refractivity contribution in [3.63, 3.8) is 0 Å². The van der Waals surface area contributed by atoms with Crippen LogP contribution >= 0.6 is 0 Å². The first-order chi connectivity index (χ1) is 14.5. The fourth-order valence-electron chi connectivity index (χ4n) is 3.36. The normalized spacial score (nSPS) is 13.2. The van der Waals surface area contributed by atoms with E-state index in [9.17, 15) is 17.6 Å². The number of carboxylic acids is 1. The maximum absolute atomic E-state index is 13.2. The van der Waals surface area contributed by atoms with Crippen LogP contribution < -0.4 is 4.72 Å². The van der Waals surface area contributed by atoms with Crippen molar-refractivity contribution in [1.29, 1.82) is 0 Å². The van der Waals surface area contributed by atoms with Gasteiger partial charge in [-0.2, -0.15) is 0 Å². The Kier molecular flexibility index (Phi) is 8.77. The fourth-order valence-corrected chi connectivity index (χ4v) is 4.62. The Morgan fingerprint density at radius 3 is 2.19 bits per heavy atom. The zero-order valence-corrected chi connectivity index (χ0v) is 19.2. The van der Waals surface area contributed by atoms with E-state index in [1.165, 1.54) is 12.1 Å². The Hall–Kier alpha value is -2.25. The molecule has 2 rings (SSSR count). The Bertz CT molecular complexity index is 949. The summed E-state index contributed by atoms with van der Waals surface area (Å²) in [6.07, 6.45) is 3.77. The predicted octanol–water partition coefficient (Wildman–Crippen LogP) is 5.47. The largest absolute Gasteiger partial charge is 0.481 e. The van der Waals surface area contributed by atoms with Crippen LogP contribution in [0.3, 0.4) is 0 Å². The molecule has 2 N–H and O–H groups in total. The second-order valence-corrected chi connectivity index (χ2v) is 10.8. The van der Waals surface area contributed by atoms with Crippen LogP contribution in [0.1, 0.15) is 70.0 Å². The van der Waals surface area contributed by atoms with Gasteiger partial charge < -0.3 is 5.11 Å². The lowest BCUT2D eigenvalue weighted by Gasteiger charge is -2.23. The summed E-state index contributed by atoms with van der Waals surface area (Å²) >= 11 is 0. The van der Waals surface area contributed by atoms with E-state index in [0.29, 0.717) is 19.3 Å². The molecule has 31 heavy (non-hydrogen) atoms. The summed E-state index contributed by atoms with van der Waals surface area (Å²) in [5.74, 6) is -1.30. The number of sulfonamides is 1. The predicted molar refractivity (Wildman–Crippen MR) is 120 cm³/mol. The van der Waals surface area contributed by atoms with Crippen molar-refractivity contribution >= 4 is 16.0 Å². The van der Waals surface area contributed by atoms with Gasteiger partial charge >= 0.3 is 5.97 Å². The first kappa shape index (κ1) is 25.0. The summed E-state index contributed by atoms with van der Waals surface area (Å²) in [4.78, 5) is 10.7. The molecule has 7 heteroatoms. The minimum Gasteiger partial charge on any atom is -0.481 e. The van der Waals surface area contributed by atoms with Crippen LogP contribution in [0.4, 0.5) is 4.39 Å². The molecule has 1 atom stereocenters. The minimum atomic E-state index is -3.81. The molecule has 0 spiro atoms. The average Bonchev–Trinajstić information content (AvgIpc) is 2.67. The first-order valence-corrected chi connectivity index (χ1v) is 12.0. The molecule has 0 heterocycles. The molecule has 2 aromatic rings. The van der Waals surface area contributed by atoms with Gasteiger partial charge in [-0.3, -0.25) is 4.79 Å². The van der Waals surface area contributed by atoms with Crippen molar-refractivity contribution in [3.8, 4) is 0 Å². The Morgan fingerprint density at radius 1 is 1.03 bits per heavy atom. The molecule has 0 fully saturated rings. The smallest absolute Gasteiger partial charge is 0.303 e. The highest BCUT2D eigenvalue weighted by molar-refractivity contribution is 7.89. The van der Waals surface area contributed by atoms with E-state index in [1.807, 2.05) is 24.3 Å². The van der Waals surface area contributed by atoms with Crippen molar-refractivity contribution in [2.75, 3.05) is 0 Å². The molecule has 0 aromatic heterocycles. The van der Waals surface area contributed by atoms with Gasteiger partial charge in [0.05, 0.1) is 4.90 Å². The quantitative estimate of drug-likeness (QED) is 0.476. The molecule has 1 unspecified atom stereocenters. The Morgan fingerprint density at radius 2 is 1.65 bits per heavy atom. The van der Waals surface area contributed by atoms with Crippen molar-refractivity contribution in [3.05, 3.63) is 65.5 Å². The topological polar surface area (TPSA) is 83.5 Å². The van der Waals surface area contributed by atoms with E-state index in [1.54, 1.807) is 0 Å². The van der Waals surface area contributed by atoms with E-state index < -0.39 is 27.9 Å². The third-order valence-corrected chi connectivity index (χ3v) is 6.57. The molecule has 0 radical (unpaired) electrons. The van der Waals surface area contributed by atoms with Gasteiger partial charge in [0.25, 0.3) is 0 Å². The Balaban J connectivity index is 2.17. The van der Waals surface area contributed by atoms with E-state index in [-0.39, 0.29) is 16.7 Å². The zero-order chi connectivity index (χ0) is 23.1. The summed E-state index contributed by atoms with van der Waals surface area (Å²) in [6, 6.07) is 12.0. The molecule has 0 saturated carbocycles. The SMILES string of the molecule is CC(C)(C)CCCC(NS(=O)(=O)c1ccc(F)cc1)c1ccc(CCCC(=O)O)cc1. The van der Waals surface area contributed by atoms with E-state index in [4.69, 9.17) is 5.11 Å². The maximum Gasteiger partial charge on any atom is 0.303 e. The van der Waals surface area contributed by atoms with Crippen LogP contribution in [0.2, 0.25) is 0 Å². The number of hydrogen-bond acceptors (Lipinski definition) is 3. The van der Waals surface area contributed by atoms with Gasteiger partial charge in [0.15, 0.2) is 0 Å². The molecule has 2 aromatic carbocycles. The molecule has 0 bridgehead atoms. The standard InChI is InChI=1S/C24H32FNO4S/c1-24(2,3)17-5-7-22(26-31(29,30)21-15-13-20(25)14-16-21)19-11-9-18(10-12-19)6-4-8-23(27)28/h9-16,22,26H,4-8,17H2,1-3H3,(H,27,28). The maximum atomic E-state index is 13.2. The van der Waals surface area contributed by atoms with Crippen LogP contribution in [0.5, 0.6) is 0 Å². The summed E-state index contributed by atoms with van der Waals surface area (Å²) < 4.78 is 41.7. The molecule has 0 aliphatic rings. The van der Waals surface area contributed by atoms with E-state index in [0.717, 1.165) is 36.1 Å². The number of aryl methyl sites for hydroxylation is 1. The highest BCUT2D eigenvalue weighted by atomic mass is 32.2. The molecule has 5 nitrogen and oxygen atoms in total. The number of nitrogens with one attached hydrogen (secondary N) is 1. The van der Waals surface area contributed by atoms with Gasteiger partial charge in [0, 0.05) is 12.5 Å². The molecule has 0 aliphatic heterocycles. The third kappa shape index (κ3) is 8.79. The third-order valence-electron chi connectivity index (χ3n) is 5.08. The molecule has 170 valence electrons. The molecule has 0 saturated heterocycles. The number of halogens is 1. The van der Waals surface area contributed by atoms with Gasteiger partial charge in [-0.05, 0) is 66.5 Å². The molecular weight excluding hydrogens is 417 g/mol. The number of rotatable bonds is 11. The van der Waals surface area contributed by atoms with Crippen LogP contribution in [-0.2, 0) is 21.2 Å². The summed E-state index contributed by atoms with van der Waals surface area (Å²) in [5.41, 5.74) is 2.01. The summed E-state index contributed by atoms with van der Waals surface area (Å²) in [5, 5.41) is 8.78. The van der Waals surface area contributed by atoms with Gasteiger partial charge in [-0.25, -0.2) is 17.5 Å². The second-order valence-electron chi connectivity index (χ2n) is 9.07. The average molecular weight is 450 g/mol. The fraction of sp³-hybridized carbons (Fsp3) is 0.458. The monoisotopic (exact) mass is 449 g/mol. The summed E-state index contributed by atoms with van der Waals surface area (Å²) in [7, 11) is -3.81. The number of hydrogen-bond donors (Lipinski definition) is 2. The van der Waals surface area contributed by atoms with Crippen molar-refractivity contribution in [2.24, 2.45) is 5.41 Å². The van der Waals surface area contributed by atoms with Gasteiger partial charge in [-0.15, -0.1) is 0 Å². The van der Waals surface area contributed by atoms with Gasteiger partial charge in [0.2, 0.25) is 10.0 Å². The lowest BCUT2D eigenvalue weighted by molar-refractivity contribution is -0.137. The lowest BCUT2D eigenvalue weighted by atomic mass is 9.88. The number of carboxylic acid groups (broad SMARTS) is 1. The molecule has 0 aliphatic carbocycles. The van der Waals surface area contributed by atoms with Crippen LogP contribution in [-0.4, -0.2) is 19.5 Å². The van der Waals surface area contributed by atoms with Gasteiger partial charge in [-0.1, -0.05) is 51.5 Å². The molecule has 0 amide bonds. The van der Waals surface area contributed by atoms with Crippen molar-refractivity contribution < 1.29 is 22.7 Å². The van der Waals surface area contributed by atoms with Crippen molar-refractivity contribution in [1.82, 2.24) is 4.72 Å². The highest BCUT2D eigenvalue weighted by Crippen LogP contribution is 2.28. The lowest BCUT2D eigenvalue weighted by Crippen LogP contribution is -2.29. The second kappa shape index (κ2) is 10.9. The minimum absolute atomic E-state index is 0.0278. The number of carbonyl (C=O) groups is 1. The Labute approximate surface area is 184 Å². The van der Waals surface area contributed by atoms with Crippen LogP contribution in [0, 0.1) is 11.2 Å². The number of aliphatic carboxylic acids is 1. The molecular formula is C24H32FNO4S. The van der Waals surface area contributed by atoms with Crippen LogP contribution in [0.15, 0.2) is 53.4 Å². The first-order valence-electron chi connectivity index (χ1n) is 10.5.